The van der Waals surface area contributed by atoms with Crippen LogP contribution in [-0.2, 0) is 16.6 Å². The van der Waals surface area contributed by atoms with Gasteiger partial charge in [-0.05, 0) is 23.3 Å². The summed E-state index contributed by atoms with van der Waals surface area (Å²) >= 11 is 1.39. The largest absolute Gasteiger partial charge is 0.339 e. The van der Waals surface area contributed by atoms with Crippen molar-refractivity contribution < 1.29 is 9.59 Å². The molecule has 0 spiro atoms. The summed E-state index contributed by atoms with van der Waals surface area (Å²) < 4.78 is 1.88. The van der Waals surface area contributed by atoms with Crippen molar-refractivity contribution in [3.8, 4) is 11.4 Å². The maximum Gasteiger partial charge on any atom is 0.233 e. The van der Waals surface area contributed by atoms with Gasteiger partial charge in [-0.3, -0.25) is 14.5 Å². The number of aromatic nitrogens is 3. The second-order valence-electron chi connectivity index (χ2n) is 9.56. The molecule has 0 radical (unpaired) electrons. The zero-order chi connectivity index (χ0) is 27.2. The maximum absolute atomic E-state index is 13.1. The third kappa shape index (κ3) is 6.38. The predicted molar refractivity (Wildman–Crippen MR) is 154 cm³/mol. The second-order valence-corrected chi connectivity index (χ2v) is 10.5. The summed E-state index contributed by atoms with van der Waals surface area (Å²) in [6.45, 7) is 4.48. The lowest BCUT2D eigenvalue weighted by Crippen LogP contribution is -2.50. The van der Waals surface area contributed by atoms with Crippen LogP contribution in [0.3, 0.4) is 0 Å². The van der Waals surface area contributed by atoms with Crippen molar-refractivity contribution >= 4 is 29.3 Å². The SMILES string of the molecule is CC(=O)Nc1cccc(-c2nnc(SCC(=O)N3CCN(C(c4ccccc4)c4ccccc4)CC3)n2C)c1. The molecule has 1 aliphatic heterocycles. The first-order chi connectivity index (χ1) is 19.0. The molecule has 2 amide bonds. The standard InChI is InChI=1S/C30H32N6O2S/c1-22(37)31-26-15-9-14-25(20-26)29-32-33-30(34(29)2)39-21-27(38)35-16-18-36(19-17-35)28(23-10-5-3-6-11-23)24-12-7-4-8-13-24/h3-15,20,28H,16-19,21H2,1-2H3,(H,31,37). The van der Waals surface area contributed by atoms with Crippen molar-refractivity contribution in [2.24, 2.45) is 7.05 Å². The van der Waals surface area contributed by atoms with Crippen molar-refractivity contribution in [1.29, 1.82) is 0 Å². The van der Waals surface area contributed by atoms with Gasteiger partial charge in [-0.2, -0.15) is 0 Å². The van der Waals surface area contributed by atoms with Crippen LogP contribution in [0.25, 0.3) is 11.4 Å². The van der Waals surface area contributed by atoms with E-state index < -0.39 is 0 Å². The van der Waals surface area contributed by atoms with Crippen LogP contribution in [0.15, 0.2) is 90.1 Å². The molecule has 3 aromatic carbocycles. The van der Waals surface area contributed by atoms with E-state index in [9.17, 15) is 9.59 Å². The van der Waals surface area contributed by atoms with Gasteiger partial charge in [0.1, 0.15) is 0 Å². The van der Waals surface area contributed by atoms with Crippen molar-refractivity contribution in [3.05, 3.63) is 96.1 Å². The number of carbonyl (C=O) groups excluding carboxylic acids is 2. The van der Waals surface area contributed by atoms with E-state index in [4.69, 9.17) is 0 Å². The number of rotatable bonds is 8. The van der Waals surface area contributed by atoms with Crippen LogP contribution in [0, 0.1) is 0 Å². The van der Waals surface area contributed by atoms with Crippen molar-refractivity contribution in [2.75, 3.05) is 37.2 Å². The number of carbonyl (C=O) groups is 2. The monoisotopic (exact) mass is 540 g/mol. The molecule has 4 aromatic rings. The number of nitrogens with zero attached hydrogens (tertiary/aromatic N) is 5. The minimum atomic E-state index is -0.128. The molecule has 1 aromatic heterocycles. The van der Waals surface area contributed by atoms with E-state index in [0.717, 1.165) is 18.7 Å². The number of piperazine rings is 1. The summed E-state index contributed by atoms with van der Waals surface area (Å²) in [7, 11) is 1.89. The molecule has 1 saturated heterocycles. The number of hydrogen-bond acceptors (Lipinski definition) is 6. The molecular weight excluding hydrogens is 508 g/mol. The van der Waals surface area contributed by atoms with E-state index in [0.29, 0.717) is 35.5 Å². The molecule has 0 bridgehead atoms. The first-order valence-corrected chi connectivity index (χ1v) is 14.0. The van der Waals surface area contributed by atoms with Gasteiger partial charge < -0.3 is 14.8 Å². The van der Waals surface area contributed by atoms with E-state index in [1.54, 1.807) is 0 Å². The molecule has 8 nitrogen and oxygen atoms in total. The van der Waals surface area contributed by atoms with E-state index >= 15 is 0 Å². The van der Waals surface area contributed by atoms with Crippen LogP contribution in [0.1, 0.15) is 24.1 Å². The van der Waals surface area contributed by atoms with Crippen LogP contribution in [0.2, 0.25) is 0 Å². The van der Waals surface area contributed by atoms with Gasteiger partial charge in [0.25, 0.3) is 0 Å². The van der Waals surface area contributed by atoms with Crippen LogP contribution in [-0.4, -0.2) is 68.3 Å². The van der Waals surface area contributed by atoms with Crippen LogP contribution in [0.5, 0.6) is 0 Å². The summed E-state index contributed by atoms with van der Waals surface area (Å²) in [4.78, 5) is 28.9. The Morgan fingerprint density at radius 2 is 1.51 bits per heavy atom. The minimum Gasteiger partial charge on any atom is -0.339 e. The van der Waals surface area contributed by atoms with E-state index in [1.807, 2.05) is 52.9 Å². The highest BCUT2D eigenvalue weighted by molar-refractivity contribution is 7.99. The Morgan fingerprint density at radius 3 is 2.13 bits per heavy atom. The molecule has 200 valence electrons. The lowest BCUT2D eigenvalue weighted by atomic mass is 9.96. The summed E-state index contributed by atoms with van der Waals surface area (Å²) in [5.74, 6) is 0.960. The molecule has 0 saturated carbocycles. The minimum absolute atomic E-state index is 0.104. The highest BCUT2D eigenvalue weighted by Crippen LogP contribution is 2.30. The normalized spacial score (nSPS) is 14.0. The molecule has 1 N–H and O–H groups in total. The molecule has 0 unspecified atom stereocenters. The molecule has 1 aliphatic rings. The van der Waals surface area contributed by atoms with Gasteiger partial charge in [0, 0.05) is 51.4 Å². The Morgan fingerprint density at radius 1 is 0.872 bits per heavy atom. The van der Waals surface area contributed by atoms with Crippen LogP contribution < -0.4 is 5.32 Å². The Bertz CT molecular complexity index is 1380. The van der Waals surface area contributed by atoms with E-state index in [1.165, 1.54) is 29.8 Å². The molecule has 0 atom stereocenters. The van der Waals surface area contributed by atoms with Gasteiger partial charge in [-0.25, -0.2) is 0 Å². The first-order valence-electron chi connectivity index (χ1n) is 13.0. The summed E-state index contributed by atoms with van der Waals surface area (Å²) in [6, 6.07) is 28.8. The highest BCUT2D eigenvalue weighted by atomic mass is 32.2. The lowest BCUT2D eigenvalue weighted by molar-refractivity contribution is -0.130. The number of hydrogen-bond donors (Lipinski definition) is 1. The molecule has 1 fully saturated rings. The summed E-state index contributed by atoms with van der Waals surface area (Å²) in [5, 5.41) is 12.1. The van der Waals surface area contributed by atoms with Gasteiger partial charge in [-0.15, -0.1) is 10.2 Å². The van der Waals surface area contributed by atoms with Crippen molar-refractivity contribution in [3.63, 3.8) is 0 Å². The first kappa shape index (κ1) is 26.6. The van der Waals surface area contributed by atoms with Gasteiger partial charge in [0.2, 0.25) is 11.8 Å². The number of anilines is 1. The number of benzene rings is 3. The van der Waals surface area contributed by atoms with Crippen LogP contribution in [0.4, 0.5) is 5.69 Å². The van der Waals surface area contributed by atoms with E-state index in [2.05, 4.69) is 68.9 Å². The second kappa shape index (κ2) is 12.3. The molecule has 5 rings (SSSR count). The third-order valence-corrected chi connectivity index (χ3v) is 7.87. The molecular formula is C30H32N6O2S. The Hall–Kier alpha value is -3.95. The fourth-order valence-corrected chi connectivity index (χ4v) is 5.78. The van der Waals surface area contributed by atoms with Crippen molar-refractivity contribution in [2.45, 2.75) is 18.1 Å². The summed E-state index contributed by atoms with van der Waals surface area (Å²) in [6.07, 6.45) is 0. The fraction of sp³-hybridized carbons (Fsp3) is 0.267. The Balaban J connectivity index is 1.20. The topological polar surface area (TPSA) is 83.4 Å². The zero-order valence-corrected chi connectivity index (χ0v) is 23.0. The quantitative estimate of drug-likeness (QED) is 0.332. The van der Waals surface area contributed by atoms with Gasteiger partial charge >= 0.3 is 0 Å². The lowest BCUT2D eigenvalue weighted by Gasteiger charge is -2.39. The predicted octanol–water partition coefficient (Wildman–Crippen LogP) is 4.47. The average Bonchev–Trinajstić information content (AvgIpc) is 3.33. The van der Waals surface area contributed by atoms with Crippen LogP contribution >= 0.6 is 11.8 Å². The highest BCUT2D eigenvalue weighted by Gasteiger charge is 2.28. The number of nitrogens with one attached hydrogen (secondary N) is 1. The van der Waals surface area contributed by atoms with E-state index in [-0.39, 0.29) is 17.9 Å². The molecule has 39 heavy (non-hydrogen) atoms. The van der Waals surface area contributed by atoms with Gasteiger partial charge in [0.15, 0.2) is 11.0 Å². The maximum atomic E-state index is 13.1. The smallest absolute Gasteiger partial charge is 0.233 e. The molecule has 0 aliphatic carbocycles. The fourth-order valence-electron chi connectivity index (χ4n) is 4.96. The Labute approximate surface area is 233 Å². The average molecular weight is 541 g/mol. The number of thioether (sulfide) groups is 1. The van der Waals surface area contributed by atoms with Gasteiger partial charge in [0.05, 0.1) is 11.8 Å². The van der Waals surface area contributed by atoms with Crippen molar-refractivity contribution in [1.82, 2.24) is 24.6 Å². The number of amides is 2. The van der Waals surface area contributed by atoms with Gasteiger partial charge in [-0.1, -0.05) is 84.6 Å². The molecule has 2 heterocycles. The summed E-state index contributed by atoms with van der Waals surface area (Å²) in [5.41, 5.74) is 4.07. The zero-order valence-electron chi connectivity index (χ0n) is 22.2. The third-order valence-electron chi connectivity index (χ3n) is 6.86. The molecule has 9 heteroatoms. The Kier molecular flexibility index (Phi) is 8.39.